The van der Waals surface area contributed by atoms with Crippen molar-refractivity contribution < 1.29 is 9.90 Å². The van der Waals surface area contributed by atoms with Crippen LogP contribution in [0.25, 0.3) is 0 Å². The number of rotatable bonds is 3. The van der Waals surface area contributed by atoms with Crippen LogP contribution in [0.4, 0.5) is 0 Å². The van der Waals surface area contributed by atoms with E-state index in [9.17, 15) is 4.79 Å². The van der Waals surface area contributed by atoms with E-state index in [0.717, 1.165) is 45.3 Å². The summed E-state index contributed by atoms with van der Waals surface area (Å²) >= 11 is 0. The lowest BCUT2D eigenvalue weighted by Gasteiger charge is -2.20. The smallest absolute Gasteiger partial charge is 0.239 e. The SMILES string of the molecule is O=C(C1CCCN1)N1CCC(CCO)C1. The maximum atomic E-state index is 12.0. The lowest BCUT2D eigenvalue weighted by molar-refractivity contribution is -0.132. The lowest BCUT2D eigenvalue weighted by atomic mass is 10.1. The average Bonchev–Trinajstić information content (AvgIpc) is 2.87. The van der Waals surface area contributed by atoms with Gasteiger partial charge in [0.1, 0.15) is 0 Å². The Kier molecular flexibility index (Phi) is 3.59. The normalized spacial score (nSPS) is 31.1. The molecule has 2 atom stereocenters. The van der Waals surface area contributed by atoms with Crippen molar-refractivity contribution in [3.8, 4) is 0 Å². The first-order valence-corrected chi connectivity index (χ1v) is 5.94. The zero-order valence-corrected chi connectivity index (χ0v) is 9.11. The Bertz CT molecular complexity index is 227. The van der Waals surface area contributed by atoms with Gasteiger partial charge in [-0.05, 0) is 38.1 Å². The van der Waals surface area contributed by atoms with Crippen LogP contribution in [-0.4, -0.2) is 48.2 Å². The van der Waals surface area contributed by atoms with Crippen molar-refractivity contribution in [2.45, 2.75) is 31.7 Å². The van der Waals surface area contributed by atoms with Crippen LogP contribution in [0.5, 0.6) is 0 Å². The van der Waals surface area contributed by atoms with Crippen molar-refractivity contribution in [1.29, 1.82) is 0 Å². The molecule has 1 amide bonds. The van der Waals surface area contributed by atoms with E-state index in [4.69, 9.17) is 5.11 Å². The van der Waals surface area contributed by atoms with Crippen LogP contribution in [0.3, 0.4) is 0 Å². The average molecular weight is 212 g/mol. The Morgan fingerprint density at radius 2 is 2.33 bits per heavy atom. The van der Waals surface area contributed by atoms with Crippen LogP contribution in [0, 0.1) is 5.92 Å². The minimum absolute atomic E-state index is 0.0675. The molecule has 2 aliphatic rings. The zero-order valence-electron chi connectivity index (χ0n) is 9.11. The number of hydrogen-bond donors (Lipinski definition) is 2. The zero-order chi connectivity index (χ0) is 10.7. The molecule has 0 radical (unpaired) electrons. The molecule has 0 spiro atoms. The molecular formula is C11H20N2O2. The maximum Gasteiger partial charge on any atom is 0.239 e. The quantitative estimate of drug-likeness (QED) is 0.690. The van der Waals surface area contributed by atoms with E-state index >= 15 is 0 Å². The van der Waals surface area contributed by atoms with Gasteiger partial charge >= 0.3 is 0 Å². The highest BCUT2D eigenvalue weighted by Gasteiger charge is 2.31. The standard InChI is InChI=1S/C11H20N2O2/c14-7-4-9-3-6-13(8-9)11(15)10-2-1-5-12-10/h9-10,12,14H,1-8H2. The van der Waals surface area contributed by atoms with E-state index in [2.05, 4.69) is 5.32 Å². The summed E-state index contributed by atoms with van der Waals surface area (Å²) in [4.78, 5) is 14.0. The molecule has 2 N–H and O–H groups in total. The first-order valence-electron chi connectivity index (χ1n) is 5.94. The molecule has 2 aliphatic heterocycles. The van der Waals surface area contributed by atoms with Crippen molar-refractivity contribution in [3.63, 3.8) is 0 Å². The van der Waals surface area contributed by atoms with Crippen molar-refractivity contribution >= 4 is 5.91 Å². The van der Waals surface area contributed by atoms with E-state index < -0.39 is 0 Å². The van der Waals surface area contributed by atoms with Crippen molar-refractivity contribution in [2.24, 2.45) is 5.92 Å². The van der Waals surface area contributed by atoms with Gasteiger partial charge in [0.25, 0.3) is 0 Å². The summed E-state index contributed by atoms with van der Waals surface area (Å²) in [6.07, 6.45) is 3.99. The summed E-state index contributed by atoms with van der Waals surface area (Å²) in [6, 6.07) is 0.0675. The third-order valence-electron chi connectivity index (χ3n) is 3.49. The molecule has 4 heteroatoms. The fourth-order valence-corrected chi connectivity index (χ4v) is 2.57. The molecule has 2 heterocycles. The second-order valence-corrected chi connectivity index (χ2v) is 4.60. The van der Waals surface area contributed by atoms with E-state index in [-0.39, 0.29) is 18.6 Å². The molecule has 4 nitrogen and oxygen atoms in total. The minimum atomic E-state index is 0.0675. The van der Waals surface area contributed by atoms with E-state index in [1.54, 1.807) is 0 Å². The third-order valence-corrected chi connectivity index (χ3v) is 3.49. The monoisotopic (exact) mass is 212 g/mol. The number of hydrogen-bond acceptors (Lipinski definition) is 3. The summed E-state index contributed by atoms with van der Waals surface area (Å²) in [7, 11) is 0. The van der Waals surface area contributed by atoms with Gasteiger partial charge in [-0.15, -0.1) is 0 Å². The largest absolute Gasteiger partial charge is 0.396 e. The van der Waals surface area contributed by atoms with Crippen LogP contribution in [-0.2, 0) is 4.79 Å². The highest BCUT2D eigenvalue weighted by molar-refractivity contribution is 5.82. The second-order valence-electron chi connectivity index (χ2n) is 4.60. The molecule has 0 bridgehead atoms. The maximum absolute atomic E-state index is 12.0. The Morgan fingerprint density at radius 3 is 3.00 bits per heavy atom. The Hall–Kier alpha value is -0.610. The molecule has 0 aromatic carbocycles. The highest BCUT2D eigenvalue weighted by Crippen LogP contribution is 2.21. The van der Waals surface area contributed by atoms with Gasteiger partial charge in [0.15, 0.2) is 0 Å². The van der Waals surface area contributed by atoms with Gasteiger partial charge in [0.2, 0.25) is 5.91 Å². The van der Waals surface area contributed by atoms with Gasteiger partial charge in [-0.1, -0.05) is 0 Å². The number of amides is 1. The number of nitrogens with one attached hydrogen (secondary N) is 1. The molecule has 0 aromatic heterocycles. The molecule has 0 aliphatic carbocycles. The van der Waals surface area contributed by atoms with E-state index in [0.29, 0.717) is 5.92 Å². The predicted molar refractivity (Wildman–Crippen MR) is 57.4 cm³/mol. The third kappa shape index (κ3) is 2.49. The number of aliphatic hydroxyl groups is 1. The number of aliphatic hydroxyl groups excluding tert-OH is 1. The van der Waals surface area contributed by atoms with Crippen LogP contribution in [0.2, 0.25) is 0 Å². The lowest BCUT2D eigenvalue weighted by Crippen LogP contribution is -2.42. The van der Waals surface area contributed by atoms with Gasteiger partial charge in [-0.2, -0.15) is 0 Å². The van der Waals surface area contributed by atoms with Gasteiger partial charge in [0, 0.05) is 19.7 Å². The number of carbonyl (C=O) groups is 1. The highest BCUT2D eigenvalue weighted by atomic mass is 16.3. The molecular weight excluding hydrogens is 192 g/mol. The van der Waals surface area contributed by atoms with Gasteiger partial charge < -0.3 is 15.3 Å². The van der Waals surface area contributed by atoms with Crippen LogP contribution >= 0.6 is 0 Å². The van der Waals surface area contributed by atoms with Crippen LogP contribution in [0.1, 0.15) is 25.7 Å². The van der Waals surface area contributed by atoms with Gasteiger partial charge in [0.05, 0.1) is 6.04 Å². The van der Waals surface area contributed by atoms with Gasteiger partial charge in [-0.25, -0.2) is 0 Å². The molecule has 2 fully saturated rings. The van der Waals surface area contributed by atoms with E-state index in [1.165, 1.54) is 0 Å². The second kappa shape index (κ2) is 4.94. The summed E-state index contributed by atoms with van der Waals surface area (Å²) in [5, 5.41) is 12.1. The predicted octanol–water partition coefficient (Wildman–Crippen LogP) is -0.0307. The van der Waals surface area contributed by atoms with Crippen molar-refractivity contribution in [1.82, 2.24) is 10.2 Å². The molecule has 86 valence electrons. The minimum Gasteiger partial charge on any atom is -0.396 e. The topological polar surface area (TPSA) is 52.6 Å². The molecule has 15 heavy (non-hydrogen) atoms. The van der Waals surface area contributed by atoms with Crippen LogP contribution < -0.4 is 5.32 Å². The molecule has 2 saturated heterocycles. The molecule has 2 unspecified atom stereocenters. The summed E-state index contributed by atoms with van der Waals surface area (Å²) in [5.41, 5.74) is 0. The fourth-order valence-electron chi connectivity index (χ4n) is 2.57. The summed E-state index contributed by atoms with van der Waals surface area (Å²) < 4.78 is 0. The fraction of sp³-hybridized carbons (Fsp3) is 0.909. The summed E-state index contributed by atoms with van der Waals surface area (Å²) in [6.45, 7) is 2.94. The molecule has 2 rings (SSSR count). The Labute approximate surface area is 90.6 Å². The number of likely N-dealkylation sites (tertiary alicyclic amines) is 1. The molecule has 0 aromatic rings. The van der Waals surface area contributed by atoms with Crippen molar-refractivity contribution in [2.75, 3.05) is 26.2 Å². The van der Waals surface area contributed by atoms with Crippen molar-refractivity contribution in [3.05, 3.63) is 0 Å². The Balaban J connectivity index is 1.81. The first kappa shape index (κ1) is 10.9. The summed E-state index contributed by atoms with van der Waals surface area (Å²) in [5.74, 6) is 0.785. The van der Waals surface area contributed by atoms with E-state index in [1.807, 2.05) is 4.90 Å². The first-order chi connectivity index (χ1) is 7.31. The van der Waals surface area contributed by atoms with Gasteiger partial charge in [-0.3, -0.25) is 4.79 Å². The molecule has 0 saturated carbocycles. The number of nitrogens with zero attached hydrogens (tertiary/aromatic N) is 1. The number of carbonyl (C=O) groups excluding carboxylic acids is 1. The van der Waals surface area contributed by atoms with Crippen LogP contribution in [0.15, 0.2) is 0 Å². The Morgan fingerprint density at radius 1 is 1.47 bits per heavy atom.